The van der Waals surface area contributed by atoms with E-state index in [1.807, 2.05) is 36.4 Å². The van der Waals surface area contributed by atoms with E-state index in [0.29, 0.717) is 10.8 Å². The molecule has 39 heavy (non-hydrogen) atoms. The molecular weight excluding hydrogens is 599 g/mol. The van der Waals surface area contributed by atoms with Crippen LogP contribution in [-0.4, -0.2) is 56.5 Å². The Hall–Kier alpha value is -2.89. The first kappa shape index (κ1) is 30.6. The van der Waals surface area contributed by atoms with Crippen LogP contribution >= 0.6 is 15.9 Å². The van der Waals surface area contributed by atoms with Crippen molar-refractivity contribution >= 4 is 31.7 Å². The number of alkyl halides is 3. The normalized spacial score (nSPS) is 14.8. The molecule has 1 heterocycles. The van der Waals surface area contributed by atoms with Crippen LogP contribution in [0.3, 0.4) is 0 Å². The first-order valence-corrected chi connectivity index (χ1v) is 14.8. The number of hydrogen-bond acceptors (Lipinski definition) is 5. The lowest BCUT2D eigenvalue weighted by Gasteiger charge is -2.32. The summed E-state index contributed by atoms with van der Waals surface area (Å²) < 4.78 is 62.2. The summed E-state index contributed by atoms with van der Waals surface area (Å²) in [6.45, 7) is 3.92. The van der Waals surface area contributed by atoms with E-state index in [2.05, 4.69) is 45.1 Å². The van der Waals surface area contributed by atoms with Gasteiger partial charge in [-0.25, -0.2) is 13.2 Å². The Morgan fingerprint density at radius 3 is 1.97 bits per heavy atom. The molecule has 1 fully saturated rings. The van der Waals surface area contributed by atoms with Crippen molar-refractivity contribution < 1.29 is 36.2 Å². The maximum Gasteiger partial charge on any atom is 0.490 e. The maximum absolute atomic E-state index is 11.6. The third-order valence-corrected chi connectivity index (χ3v) is 8.16. The standard InChI is InChI=1S/C26H28BrNO3S.C2HF3O2/c1-32(29,30)25-12-8-22(9-13-25)21-6-10-24(11-7-21)31-19-20-14-16-28(17-15-20)18-23-4-2-3-5-26(23)27;3-2(4,5)1(6)7/h2-13,20H,14-19H2,1H3;(H,6,7). The predicted molar refractivity (Wildman–Crippen MR) is 146 cm³/mol. The number of carboxylic acids is 1. The maximum atomic E-state index is 11.6. The quantitative estimate of drug-likeness (QED) is 0.324. The van der Waals surface area contributed by atoms with E-state index in [1.54, 1.807) is 12.1 Å². The van der Waals surface area contributed by atoms with Crippen molar-refractivity contribution in [3.05, 3.63) is 82.8 Å². The van der Waals surface area contributed by atoms with Gasteiger partial charge in [-0.3, -0.25) is 4.90 Å². The number of sulfone groups is 1. The molecule has 0 aromatic heterocycles. The number of hydrogen-bond donors (Lipinski definition) is 1. The molecule has 1 saturated heterocycles. The molecule has 1 aliphatic rings. The van der Waals surface area contributed by atoms with E-state index in [1.165, 1.54) is 16.3 Å². The minimum Gasteiger partial charge on any atom is -0.493 e. The van der Waals surface area contributed by atoms with Crippen molar-refractivity contribution in [2.24, 2.45) is 5.92 Å². The van der Waals surface area contributed by atoms with E-state index in [4.69, 9.17) is 14.6 Å². The van der Waals surface area contributed by atoms with Gasteiger partial charge in [0, 0.05) is 17.3 Å². The highest BCUT2D eigenvalue weighted by Crippen LogP contribution is 2.26. The van der Waals surface area contributed by atoms with E-state index in [0.717, 1.165) is 56.0 Å². The van der Waals surface area contributed by atoms with Gasteiger partial charge < -0.3 is 9.84 Å². The Labute approximate surface area is 234 Å². The SMILES string of the molecule is CS(=O)(=O)c1ccc(-c2ccc(OCC3CCN(Cc4ccccc4Br)CC3)cc2)cc1.O=C(O)C(F)(F)F. The van der Waals surface area contributed by atoms with Crippen LogP contribution in [-0.2, 0) is 21.2 Å². The molecule has 11 heteroatoms. The zero-order valence-electron chi connectivity index (χ0n) is 21.2. The lowest BCUT2D eigenvalue weighted by atomic mass is 9.97. The first-order valence-electron chi connectivity index (χ1n) is 12.1. The molecule has 1 aliphatic heterocycles. The second kappa shape index (κ2) is 13.5. The van der Waals surface area contributed by atoms with E-state index in [-0.39, 0.29) is 0 Å². The summed E-state index contributed by atoms with van der Waals surface area (Å²) in [5, 5.41) is 7.12. The van der Waals surface area contributed by atoms with Crippen LogP contribution in [0.4, 0.5) is 13.2 Å². The number of piperidine rings is 1. The van der Waals surface area contributed by atoms with Gasteiger partial charge in [0.1, 0.15) is 5.75 Å². The van der Waals surface area contributed by atoms with E-state index >= 15 is 0 Å². The topological polar surface area (TPSA) is 83.9 Å². The number of ether oxygens (including phenoxy) is 1. The van der Waals surface area contributed by atoms with Gasteiger partial charge in [0.25, 0.3) is 0 Å². The molecule has 0 spiro atoms. The van der Waals surface area contributed by atoms with Gasteiger partial charge in [0.2, 0.25) is 0 Å². The molecule has 0 bridgehead atoms. The molecule has 0 saturated carbocycles. The Kier molecular flexibility index (Phi) is 10.6. The molecule has 0 amide bonds. The third kappa shape index (κ3) is 9.66. The van der Waals surface area contributed by atoms with Crippen molar-refractivity contribution in [2.45, 2.75) is 30.5 Å². The summed E-state index contributed by atoms with van der Waals surface area (Å²) in [6.07, 6.45) is -1.56. The number of rotatable bonds is 7. The Balaban J connectivity index is 0.000000532. The fourth-order valence-electron chi connectivity index (χ4n) is 4.03. The first-order chi connectivity index (χ1) is 18.3. The number of carbonyl (C=O) groups is 1. The number of aliphatic carboxylic acids is 1. The van der Waals surface area contributed by atoms with Crippen LogP contribution in [0.2, 0.25) is 0 Å². The second-order valence-electron chi connectivity index (χ2n) is 9.25. The summed E-state index contributed by atoms with van der Waals surface area (Å²) in [7, 11) is -3.17. The van der Waals surface area contributed by atoms with Crippen molar-refractivity contribution in [3.8, 4) is 16.9 Å². The highest BCUT2D eigenvalue weighted by atomic mass is 79.9. The third-order valence-electron chi connectivity index (χ3n) is 6.26. The Bertz CT molecular complexity index is 1340. The fourth-order valence-corrected chi connectivity index (χ4v) is 5.07. The van der Waals surface area contributed by atoms with Crippen LogP contribution in [0, 0.1) is 5.92 Å². The molecule has 0 atom stereocenters. The van der Waals surface area contributed by atoms with Crippen molar-refractivity contribution in [1.82, 2.24) is 4.90 Å². The number of carboxylic acid groups (broad SMARTS) is 1. The predicted octanol–water partition coefficient (Wildman–Crippen LogP) is 6.44. The number of halogens is 4. The molecule has 210 valence electrons. The number of nitrogens with zero attached hydrogens (tertiary/aromatic N) is 1. The van der Waals surface area contributed by atoms with Crippen molar-refractivity contribution in [1.29, 1.82) is 0 Å². The zero-order valence-corrected chi connectivity index (χ0v) is 23.6. The Morgan fingerprint density at radius 1 is 0.974 bits per heavy atom. The molecule has 3 aromatic rings. The van der Waals surface area contributed by atoms with Gasteiger partial charge in [-0.1, -0.05) is 58.4 Å². The molecule has 3 aromatic carbocycles. The molecular formula is C28H29BrF3NO5S. The van der Waals surface area contributed by atoms with Gasteiger partial charge in [-0.15, -0.1) is 0 Å². The molecule has 4 rings (SSSR count). The number of benzene rings is 3. The van der Waals surface area contributed by atoms with Gasteiger partial charge in [-0.2, -0.15) is 13.2 Å². The van der Waals surface area contributed by atoms with Gasteiger partial charge >= 0.3 is 12.1 Å². The number of likely N-dealkylation sites (tertiary alicyclic amines) is 1. The van der Waals surface area contributed by atoms with Crippen molar-refractivity contribution in [2.75, 3.05) is 26.0 Å². The average molecular weight is 629 g/mol. The second-order valence-corrected chi connectivity index (χ2v) is 12.1. The minimum absolute atomic E-state index is 0.337. The lowest BCUT2D eigenvalue weighted by Crippen LogP contribution is -2.35. The Morgan fingerprint density at radius 2 is 1.49 bits per heavy atom. The van der Waals surface area contributed by atoms with Crippen LogP contribution in [0.5, 0.6) is 5.75 Å². The summed E-state index contributed by atoms with van der Waals surface area (Å²) >= 11 is 3.65. The minimum atomic E-state index is -5.08. The van der Waals surface area contributed by atoms with E-state index in [9.17, 15) is 21.6 Å². The molecule has 0 radical (unpaired) electrons. The van der Waals surface area contributed by atoms with Crippen LogP contribution in [0.25, 0.3) is 11.1 Å². The zero-order chi connectivity index (χ0) is 28.6. The van der Waals surface area contributed by atoms with Crippen LogP contribution in [0.15, 0.2) is 82.2 Å². The van der Waals surface area contributed by atoms with Crippen molar-refractivity contribution in [3.63, 3.8) is 0 Å². The molecule has 0 aliphatic carbocycles. The summed E-state index contributed by atoms with van der Waals surface area (Å²) in [5.41, 5.74) is 3.37. The largest absolute Gasteiger partial charge is 0.493 e. The summed E-state index contributed by atoms with van der Waals surface area (Å²) in [6, 6.07) is 23.4. The average Bonchev–Trinajstić information content (AvgIpc) is 2.89. The fraction of sp³-hybridized carbons (Fsp3) is 0.321. The van der Waals surface area contributed by atoms with Crippen LogP contribution in [0.1, 0.15) is 18.4 Å². The summed E-state index contributed by atoms with van der Waals surface area (Å²) in [4.78, 5) is 11.7. The van der Waals surface area contributed by atoms with E-state index < -0.39 is 22.0 Å². The van der Waals surface area contributed by atoms with Gasteiger partial charge in [0.05, 0.1) is 11.5 Å². The molecule has 0 unspecified atom stereocenters. The highest BCUT2D eigenvalue weighted by molar-refractivity contribution is 9.10. The molecule has 6 nitrogen and oxygen atoms in total. The molecule has 1 N–H and O–H groups in total. The van der Waals surface area contributed by atoms with Gasteiger partial charge in [-0.05, 0) is 78.9 Å². The van der Waals surface area contributed by atoms with Crippen LogP contribution < -0.4 is 4.74 Å². The smallest absolute Gasteiger partial charge is 0.490 e. The summed E-state index contributed by atoms with van der Waals surface area (Å²) in [5.74, 6) is -1.31. The highest BCUT2D eigenvalue weighted by Gasteiger charge is 2.38. The van der Waals surface area contributed by atoms with Gasteiger partial charge in [0.15, 0.2) is 9.84 Å². The monoisotopic (exact) mass is 627 g/mol. The lowest BCUT2D eigenvalue weighted by molar-refractivity contribution is -0.192.